The summed E-state index contributed by atoms with van der Waals surface area (Å²) in [6.07, 6.45) is 1.50. The third-order valence-corrected chi connectivity index (χ3v) is 1.04. The Hall–Kier alpha value is -1.60. The molecule has 4 nitrogen and oxygen atoms in total. The number of nitrogens with one attached hydrogen (secondary N) is 1. The molecule has 4 heteroatoms. The zero-order valence-electron chi connectivity index (χ0n) is 5.20. The number of hydrogen-bond donors (Lipinski definition) is 2. The van der Waals surface area contributed by atoms with Crippen LogP contribution in [0.1, 0.15) is 5.69 Å². The first-order valence-electron chi connectivity index (χ1n) is 2.69. The molecule has 0 amide bonds. The summed E-state index contributed by atoms with van der Waals surface area (Å²) in [7, 11) is 0. The number of nitrogens with two attached hydrogens (primary N) is 1. The first-order chi connectivity index (χ1) is 4.86. The van der Waals surface area contributed by atoms with Crippen molar-refractivity contribution in [2.24, 2.45) is 5.84 Å². The number of pyridine rings is 1. The van der Waals surface area contributed by atoms with Gasteiger partial charge in [-0.2, -0.15) is 5.26 Å². The Balaban J connectivity index is 2.93. The number of aromatic nitrogens is 1. The molecule has 3 N–H and O–H groups in total. The lowest BCUT2D eigenvalue weighted by Crippen LogP contribution is -2.06. The van der Waals surface area contributed by atoms with E-state index in [-0.39, 0.29) is 0 Å². The Morgan fingerprint density at radius 3 is 2.80 bits per heavy atom. The van der Waals surface area contributed by atoms with Crippen LogP contribution in [0, 0.1) is 11.3 Å². The molecule has 10 heavy (non-hydrogen) atoms. The molecule has 1 aromatic heterocycles. The van der Waals surface area contributed by atoms with E-state index in [0.29, 0.717) is 11.4 Å². The SMILES string of the molecule is N#Cc1ccc(NN)cn1. The predicted molar refractivity (Wildman–Crippen MR) is 36.8 cm³/mol. The van der Waals surface area contributed by atoms with E-state index in [2.05, 4.69) is 10.4 Å². The van der Waals surface area contributed by atoms with Crippen LogP contribution in [0.25, 0.3) is 0 Å². The summed E-state index contributed by atoms with van der Waals surface area (Å²) in [5, 5.41) is 8.34. The van der Waals surface area contributed by atoms with Gasteiger partial charge in [-0.25, -0.2) is 4.98 Å². The van der Waals surface area contributed by atoms with Crippen molar-refractivity contribution < 1.29 is 0 Å². The zero-order chi connectivity index (χ0) is 7.40. The van der Waals surface area contributed by atoms with Crippen LogP contribution in [-0.4, -0.2) is 4.98 Å². The van der Waals surface area contributed by atoms with Gasteiger partial charge in [0, 0.05) is 0 Å². The first kappa shape index (κ1) is 6.52. The van der Waals surface area contributed by atoms with Gasteiger partial charge < -0.3 is 5.43 Å². The lowest BCUT2D eigenvalue weighted by Gasteiger charge is -1.95. The van der Waals surface area contributed by atoms with E-state index < -0.39 is 0 Å². The number of anilines is 1. The van der Waals surface area contributed by atoms with Crippen molar-refractivity contribution in [2.45, 2.75) is 0 Å². The van der Waals surface area contributed by atoms with Gasteiger partial charge in [0.1, 0.15) is 11.8 Å². The summed E-state index contributed by atoms with van der Waals surface area (Å²) in [5.74, 6) is 5.07. The Kier molecular flexibility index (Phi) is 1.83. The van der Waals surface area contributed by atoms with Crippen molar-refractivity contribution >= 4 is 5.69 Å². The van der Waals surface area contributed by atoms with Crippen LogP contribution < -0.4 is 11.3 Å². The van der Waals surface area contributed by atoms with E-state index in [1.165, 1.54) is 6.20 Å². The lowest BCUT2D eigenvalue weighted by atomic mass is 10.3. The monoisotopic (exact) mass is 134 g/mol. The molecule has 0 bridgehead atoms. The van der Waals surface area contributed by atoms with Gasteiger partial charge >= 0.3 is 0 Å². The van der Waals surface area contributed by atoms with Crippen molar-refractivity contribution in [1.29, 1.82) is 5.26 Å². The second-order valence-corrected chi connectivity index (χ2v) is 1.69. The van der Waals surface area contributed by atoms with Crippen LogP contribution in [0.2, 0.25) is 0 Å². The lowest BCUT2D eigenvalue weighted by molar-refractivity contribution is 1.23. The van der Waals surface area contributed by atoms with Gasteiger partial charge in [0.2, 0.25) is 0 Å². The Morgan fingerprint density at radius 1 is 1.60 bits per heavy atom. The number of rotatable bonds is 1. The van der Waals surface area contributed by atoms with Crippen molar-refractivity contribution in [3.8, 4) is 6.07 Å². The summed E-state index contributed by atoms with van der Waals surface area (Å²) in [5.41, 5.74) is 3.49. The number of nitriles is 1. The summed E-state index contributed by atoms with van der Waals surface area (Å²) >= 11 is 0. The van der Waals surface area contributed by atoms with E-state index >= 15 is 0 Å². The molecule has 1 rings (SSSR count). The molecule has 0 radical (unpaired) electrons. The summed E-state index contributed by atoms with van der Waals surface area (Å²) in [6, 6.07) is 5.18. The van der Waals surface area contributed by atoms with Gasteiger partial charge in [-0.3, -0.25) is 5.84 Å². The zero-order valence-corrected chi connectivity index (χ0v) is 5.20. The van der Waals surface area contributed by atoms with Crippen LogP contribution >= 0.6 is 0 Å². The molecule has 0 aromatic carbocycles. The smallest absolute Gasteiger partial charge is 0.140 e. The molecule has 1 aromatic rings. The van der Waals surface area contributed by atoms with E-state index in [0.717, 1.165) is 0 Å². The van der Waals surface area contributed by atoms with Gasteiger partial charge in [-0.05, 0) is 12.1 Å². The standard InChI is InChI=1S/C6H6N4/c7-3-5-1-2-6(10-8)4-9-5/h1-2,4,10H,8H2. The van der Waals surface area contributed by atoms with Gasteiger partial charge in [0.05, 0.1) is 11.9 Å². The van der Waals surface area contributed by atoms with Gasteiger partial charge in [0.15, 0.2) is 0 Å². The Bertz CT molecular complexity index is 245. The van der Waals surface area contributed by atoms with Crippen molar-refractivity contribution in [3.63, 3.8) is 0 Å². The van der Waals surface area contributed by atoms with Crippen LogP contribution in [0.3, 0.4) is 0 Å². The third kappa shape index (κ3) is 1.21. The minimum Gasteiger partial charge on any atom is -0.323 e. The fraction of sp³-hybridized carbons (Fsp3) is 0. The highest BCUT2D eigenvalue weighted by molar-refractivity contribution is 5.41. The normalized spacial score (nSPS) is 8.40. The molecular weight excluding hydrogens is 128 g/mol. The van der Waals surface area contributed by atoms with Crippen LogP contribution in [0.5, 0.6) is 0 Å². The second kappa shape index (κ2) is 2.80. The highest BCUT2D eigenvalue weighted by atomic mass is 15.2. The fourth-order valence-electron chi connectivity index (χ4n) is 0.545. The maximum atomic E-state index is 8.34. The number of nitrogen functional groups attached to an aromatic ring is 1. The summed E-state index contributed by atoms with van der Waals surface area (Å²) in [4.78, 5) is 3.76. The van der Waals surface area contributed by atoms with Crippen LogP contribution in [-0.2, 0) is 0 Å². The number of nitrogens with zero attached hydrogens (tertiary/aromatic N) is 2. The molecule has 0 aliphatic heterocycles. The van der Waals surface area contributed by atoms with E-state index in [1.54, 1.807) is 12.1 Å². The molecule has 0 atom stereocenters. The first-order valence-corrected chi connectivity index (χ1v) is 2.69. The highest BCUT2D eigenvalue weighted by Crippen LogP contribution is 2.01. The summed E-state index contributed by atoms with van der Waals surface area (Å²) < 4.78 is 0. The van der Waals surface area contributed by atoms with Gasteiger partial charge in [0.25, 0.3) is 0 Å². The average Bonchev–Trinajstić information content (AvgIpc) is 2.05. The largest absolute Gasteiger partial charge is 0.323 e. The molecule has 0 aliphatic rings. The van der Waals surface area contributed by atoms with Gasteiger partial charge in [-0.15, -0.1) is 0 Å². The maximum absolute atomic E-state index is 8.34. The average molecular weight is 134 g/mol. The molecule has 0 spiro atoms. The van der Waals surface area contributed by atoms with Gasteiger partial charge in [-0.1, -0.05) is 0 Å². The van der Waals surface area contributed by atoms with Crippen molar-refractivity contribution in [2.75, 3.05) is 5.43 Å². The quantitative estimate of drug-likeness (QED) is 0.426. The predicted octanol–water partition coefficient (Wildman–Crippen LogP) is 0.239. The van der Waals surface area contributed by atoms with E-state index in [9.17, 15) is 0 Å². The van der Waals surface area contributed by atoms with Crippen molar-refractivity contribution in [1.82, 2.24) is 4.98 Å². The molecular formula is C6H6N4. The second-order valence-electron chi connectivity index (χ2n) is 1.69. The third-order valence-electron chi connectivity index (χ3n) is 1.04. The molecule has 0 fully saturated rings. The minimum atomic E-state index is 0.388. The fourth-order valence-corrected chi connectivity index (χ4v) is 0.545. The Morgan fingerprint density at radius 2 is 2.40 bits per heavy atom. The van der Waals surface area contributed by atoms with Crippen LogP contribution in [0.4, 0.5) is 5.69 Å². The summed E-state index contributed by atoms with van der Waals surface area (Å²) in [6.45, 7) is 0. The Labute approximate surface area is 58.3 Å². The van der Waals surface area contributed by atoms with Crippen LogP contribution in [0.15, 0.2) is 18.3 Å². The molecule has 0 saturated carbocycles. The number of hydrazine groups is 1. The van der Waals surface area contributed by atoms with E-state index in [4.69, 9.17) is 11.1 Å². The number of hydrogen-bond acceptors (Lipinski definition) is 4. The topological polar surface area (TPSA) is 74.7 Å². The van der Waals surface area contributed by atoms with Crippen molar-refractivity contribution in [3.05, 3.63) is 24.0 Å². The molecule has 0 saturated heterocycles. The minimum absolute atomic E-state index is 0.388. The molecule has 0 unspecified atom stereocenters. The molecule has 0 aliphatic carbocycles. The van der Waals surface area contributed by atoms with E-state index in [1.807, 2.05) is 6.07 Å². The molecule has 1 heterocycles. The maximum Gasteiger partial charge on any atom is 0.140 e. The highest BCUT2D eigenvalue weighted by Gasteiger charge is 1.89. The molecule has 50 valence electrons.